The summed E-state index contributed by atoms with van der Waals surface area (Å²) in [4.78, 5) is 0. The van der Waals surface area contributed by atoms with Gasteiger partial charge in [-0.25, -0.2) is 4.39 Å². The molecule has 74 valence electrons. The van der Waals surface area contributed by atoms with E-state index >= 15 is 0 Å². The van der Waals surface area contributed by atoms with Crippen molar-refractivity contribution in [1.82, 2.24) is 0 Å². The van der Waals surface area contributed by atoms with Crippen molar-refractivity contribution in [3.8, 4) is 11.8 Å². The van der Waals surface area contributed by atoms with E-state index in [0.29, 0.717) is 16.5 Å². The Labute approximate surface area is 91.1 Å². The van der Waals surface area contributed by atoms with Gasteiger partial charge in [-0.15, -0.1) is 11.8 Å². The van der Waals surface area contributed by atoms with Gasteiger partial charge >= 0.3 is 0 Å². The lowest BCUT2D eigenvalue weighted by molar-refractivity contribution is 0.183. The van der Waals surface area contributed by atoms with Crippen LogP contribution in [0.3, 0.4) is 0 Å². The zero-order chi connectivity index (χ0) is 10.6. The summed E-state index contributed by atoms with van der Waals surface area (Å²) in [6.07, 6.45) is -0.425. The van der Waals surface area contributed by atoms with E-state index in [1.165, 1.54) is 12.1 Å². The van der Waals surface area contributed by atoms with Gasteiger partial charge in [0.2, 0.25) is 0 Å². The smallest absolute Gasteiger partial charge is 0.123 e. The summed E-state index contributed by atoms with van der Waals surface area (Å²) >= 11 is 3.25. The fourth-order valence-electron chi connectivity index (χ4n) is 1.08. The monoisotopic (exact) mass is 256 g/mol. The van der Waals surface area contributed by atoms with Crippen LogP contribution in [0.1, 0.15) is 25.0 Å². The second-order valence-electron chi connectivity index (χ2n) is 2.81. The van der Waals surface area contributed by atoms with E-state index in [9.17, 15) is 9.50 Å². The van der Waals surface area contributed by atoms with Crippen molar-refractivity contribution in [3.63, 3.8) is 0 Å². The summed E-state index contributed by atoms with van der Waals surface area (Å²) in [6, 6.07) is 4.23. The molecule has 0 spiro atoms. The predicted molar refractivity (Wildman–Crippen MR) is 57.1 cm³/mol. The van der Waals surface area contributed by atoms with Gasteiger partial charge in [0.15, 0.2) is 0 Å². The first-order valence-electron chi connectivity index (χ1n) is 4.17. The highest BCUT2D eigenvalue weighted by Gasteiger charge is 2.10. The Balaban J connectivity index is 2.91. The highest BCUT2D eigenvalue weighted by Crippen LogP contribution is 2.25. The third kappa shape index (κ3) is 2.83. The minimum absolute atomic E-state index is 0.318. The molecule has 1 unspecified atom stereocenters. The van der Waals surface area contributed by atoms with Gasteiger partial charge in [-0.05, 0) is 30.7 Å². The van der Waals surface area contributed by atoms with Crippen molar-refractivity contribution >= 4 is 15.9 Å². The van der Waals surface area contributed by atoms with Gasteiger partial charge in [0.1, 0.15) is 5.82 Å². The van der Waals surface area contributed by atoms with Crippen LogP contribution in [0.5, 0.6) is 0 Å². The largest absolute Gasteiger partial charge is 0.387 e. The Hall–Kier alpha value is -0.850. The van der Waals surface area contributed by atoms with Crippen LogP contribution in [-0.2, 0) is 0 Å². The Morgan fingerprint density at radius 3 is 2.93 bits per heavy atom. The van der Waals surface area contributed by atoms with Gasteiger partial charge in [0.25, 0.3) is 0 Å². The molecule has 0 radical (unpaired) electrons. The third-order valence-corrected chi connectivity index (χ3v) is 2.51. The maximum atomic E-state index is 12.9. The summed E-state index contributed by atoms with van der Waals surface area (Å²) in [5.74, 6) is 5.08. The summed E-state index contributed by atoms with van der Waals surface area (Å²) in [6.45, 7) is 1.70. The van der Waals surface area contributed by atoms with E-state index in [4.69, 9.17) is 0 Å². The van der Waals surface area contributed by atoms with Crippen LogP contribution in [0.15, 0.2) is 22.7 Å². The molecule has 0 saturated carbocycles. The Kier molecular flexibility index (Phi) is 4.12. The molecular weight excluding hydrogens is 247 g/mol. The Bertz CT molecular complexity index is 379. The molecule has 3 heteroatoms. The molecule has 0 fully saturated rings. The number of rotatable bonds is 2. The molecule has 14 heavy (non-hydrogen) atoms. The van der Waals surface area contributed by atoms with E-state index in [1.54, 1.807) is 13.0 Å². The minimum atomic E-state index is -0.743. The molecule has 0 amide bonds. The highest BCUT2D eigenvalue weighted by atomic mass is 79.9. The zero-order valence-corrected chi connectivity index (χ0v) is 9.31. The minimum Gasteiger partial charge on any atom is -0.387 e. The normalized spacial score (nSPS) is 11.7. The second-order valence-corrected chi connectivity index (χ2v) is 3.67. The van der Waals surface area contributed by atoms with Crippen LogP contribution in [0.25, 0.3) is 0 Å². The van der Waals surface area contributed by atoms with Crippen molar-refractivity contribution in [2.24, 2.45) is 0 Å². The van der Waals surface area contributed by atoms with Gasteiger partial charge < -0.3 is 5.11 Å². The van der Waals surface area contributed by atoms with Crippen LogP contribution in [0.2, 0.25) is 0 Å². The molecule has 0 aliphatic rings. The van der Waals surface area contributed by atoms with Crippen molar-refractivity contribution in [2.75, 3.05) is 0 Å². The summed E-state index contributed by atoms with van der Waals surface area (Å²) < 4.78 is 13.6. The molecule has 1 aromatic rings. The fourth-order valence-corrected chi connectivity index (χ4v) is 1.59. The molecule has 0 heterocycles. The maximum Gasteiger partial charge on any atom is 0.123 e. The SMILES string of the molecule is CC#CCC(O)c1cc(F)ccc1Br. The number of aliphatic hydroxyl groups excluding tert-OH is 1. The van der Waals surface area contributed by atoms with Gasteiger partial charge in [0.05, 0.1) is 6.10 Å². The molecule has 0 saturated heterocycles. The lowest BCUT2D eigenvalue weighted by Crippen LogP contribution is -1.98. The summed E-state index contributed by atoms with van der Waals surface area (Å²) in [5.41, 5.74) is 0.535. The first-order valence-corrected chi connectivity index (χ1v) is 4.97. The molecule has 0 aliphatic heterocycles. The van der Waals surface area contributed by atoms with E-state index < -0.39 is 6.10 Å². The molecule has 0 bridgehead atoms. The van der Waals surface area contributed by atoms with Gasteiger partial charge in [-0.2, -0.15) is 0 Å². The zero-order valence-electron chi connectivity index (χ0n) is 7.72. The first-order chi connectivity index (χ1) is 6.65. The molecule has 1 N–H and O–H groups in total. The van der Waals surface area contributed by atoms with Crippen LogP contribution in [-0.4, -0.2) is 5.11 Å². The van der Waals surface area contributed by atoms with Gasteiger partial charge in [-0.1, -0.05) is 15.9 Å². The topological polar surface area (TPSA) is 20.2 Å². The number of halogens is 2. The van der Waals surface area contributed by atoms with Crippen LogP contribution >= 0.6 is 15.9 Å². The van der Waals surface area contributed by atoms with Gasteiger partial charge in [-0.3, -0.25) is 0 Å². The third-order valence-electron chi connectivity index (χ3n) is 1.79. The second kappa shape index (κ2) is 5.14. The average Bonchev–Trinajstić information content (AvgIpc) is 2.18. The number of hydrogen-bond acceptors (Lipinski definition) is 1. The molecule has 1 aromatic carbocycles. The van der Waals surface area contributed by atoms with Crippen LogP contribution < -0.4 is 0 Å². The quantitative estimate of drug-likeness (QED) is 0.807. The summed E-state index contributed by atoms with van der Waals surface area (Å²) in [7, 11) is 0. The molecule has 0 aromatic heterocycles. The molecular formula is C11H10BrFO. The van der Waals surface area contributed by atoms with Crippen LogP contribution in [0.4, 0.5) is 4.39 Å². The number of hydrogen-bond donors (Lipinski definition) is 1. The molecule has 0 aliphatic carbocycles. The van der Waals surface area contributed by atoms with Crippen molar-refractivity contribution < 1.29 is 9.50 Å². The van der Waals surface area contributed by atoms with Crippen molar-refractivity contribution in [2.45, 2.75) is 19.4 Å². The Morgan fingerprint density at radius 1 is 1.57 bits per heavy atom. The fraction of sp³-hybridized carbons (Fsp3) is 0.273. The summed E-state index contributed by atoms with van der Waals surface area (Å²) in [5, 5.41) is 9.66. The first kappa shape index (κ1) is 11.2. The highest BCUT2D eigenvalue weighted by molar-refractivity contribution is 9.10. The van der Waals surface area contributed by atoms with E-state index in [0.717, 1.165) is 0 Å². The van der Waals surface area contributed by atoms with E-state index in [1.807, 2.05) is 0 Å². The molecule has 1 atom stereocenters. The maximum absolute atomic E-state index is 12.9. The van der Waals surface area contributed by atoms with E-state index in [-0.39, 0.29) is 5.82 Å². The van der Waals surface area contributed by atoms with Gasteiger partial charge in [0, 0.05) is 10.9 Å². The number of benzene rings is 1. The Morgan fingerprint density at radius 2 is 2.29 bits per heavy atom. The standard InChI is InChI=1S/C11H10BrFO/c1-2-3-4-11(14)9-7-8(13)5-6-10(9)12/h5-7,11,14H,4H2,1H3. The van der Waals surface area contributed by atoms with Crippen molar-refractivity contribution in [1.29, 1.82) is 0 Å². The predicted octanol–water partition coefficient (Wildman–Crippen LogP) is 3.04. The molecule has 1 rings (SSSR count). The van der Waals surface area contributed by atoms with E-state index in [2.05, 4.69) is 27.8 Å². The lowest BCUT2D eigenvalue weighted by Gasteiger charge is -2.09. The lowest BCUT2D eigenvalue weighted by atomic mass is 10.1. The molecule has 1 nitrogen and oxygen atoms in total. The average molecular weight is 257 g/mol. The number of aliphatic hydroxyl groups is 1. The van der Waals surface area contributed by atoms with Crippen LogP contribution in [0, 0.1) is 17.7 Å². The van der Waals surface area contributed by atoms with Crippen molar-refractivity contribution in [3.05, 3.63) is 34.1 Å².